The predicted molar refractivity (Wildman–Crippen MR) is 135 cm³/mol. The summed E-state index contributed by atoms with van der Waals surface area (Å²) >= 11 is 0. The molecular weight excluding hydrogens is 488 g/mol. The number of hydrogen-bond acceptors (Lipinski definition) is 6. The van der Waals surface area contributed by atoms with Gasteiger partial charge in [0.1, 0.15) is 17.5 Å². The Morgan fingerprint density at radius 3 is 2.41 bits per heavy atom. The fraction of sp³-hybridized carbons (Fsp3) is 0.481. The average molecular weight is 521 g/mol. The van der Waals surface area contributed by atoms with Crippen LogP contribution >= 0.6 is 0 Å². The number of halogens is 4. The summed E-state index contributed by atoms with van der Waals surface area (Å²) in [5, 5.41) is 3.67. The van der Waals surface area contributed by atoms with E-state index in [9.17, 15) is 17.6 Å². The van der Waals surface area contributed by atoms with E-state index in [2.05, 4.69) is 27.1 Å². The number of ether oxygens (including phenoxy) is 2. The summed E-state index contributed by atoms with van der Waals surface area (Å²) in [6.07, 6.45) is -2.65. The smallest absolute Gasteiger partial charge is 0.419 e. The van der Waals surface area contributed by atoms with E-state index in [1.807, 2.05) is 14.1 Å². The molecule has 0 aliphatic heterocycles. The Kier molecular flexibility index (Phi) is 7.25. The van der Waals surface area contributed by atoms with Gasteiger partial charge in [0.15, 0.2) is 11.5 Å². The summed E-state index contributed by atoms with van der Waals surface area (Å²) in [7, 11) is 5.65. The molecule has 4 rings (SSSR count). The molecule has 2 aromatic carbocycles. The van der Waals surface area contributed by atoms with Gasteiger partial charge in [-0.15, -0.1) is 0 Å². The maximum atomic E-state index is 14.8. The Balaban J connectivity index is 1.68. The Hall–Kier alpha value is -3.14. The second-order valence-corrected chi connectivity index (χ2v) is 10.0. The molecule has 1 fully saturated rings. The van der Waals surface area contributed by atoms with E-state index < -0.39 is 23.6 Å². The minimum atomic E-state index is -4.79. The molecule has 0 bridgehead atoms. The van der Waals surface area contributed by atoms with Crippen LogP contribution in [-0.2, 0) is 6.18 Å². The highest BCUT2D eigenvalue weighted by molar-refractivity contribution is 5.92. The quantitative estimate of drug-likeness (QED) is 0.330. The molecule has 2 atom stereocenters. The van der Waals surface area contributed by atoms with Crippen LogP contribution in [0.3, 0.4) is 0 Å². The molecule has 0 saturated heterocycles. The number of nitrogens with one attached hydrogen (secondary N) is 1. The molecule has 1 aromatic heterocycles. The highest BCUT2D eigenvalue weighted by atomic mass is 19.4. The van der Waals surface area contributed by atoms with Crippen LogP contribution in [0.25, 0.3) is 10.9 Å². The normalized spacial score (nSPS) is 16.5. The molecule has 1 aliphatic rings. The SMILES string of the molecule is COc1cc2nc(C)nc(N[C@H](C)c3cccc(C(F)(F)F)c3F)c2cc1OCC1([C@H](C)N(C)C)CC1. The van der Waals surface area contributed by atoms with Crippen LogP contribution < -0.4 is 14.8 Å². The van der Waals surface area contributed by atoms with Crippen molar-refractivity contribution in [1.82, 2.24) is 14.9 Å². The zero-order valence-electron chi connectivity index (χ0n) is 21.8. The summed E-state index contributed by atoms with van der Waals surface area (Å²) in [5.41, 5.74) is -0.788. The van der Waals surface area contributed by atoms with Crippen molar-refractivity contribution in [3.63, 3.8) is 0 Å². The lowest BCUT2D eigenvalue weighted by atomic mass is 9.98. The first-order chi connectivity index (χ1) is 17.4. The average Bonchev–Trinajstić information content (AvgIpc) is 3.62. The number of benzene rings is 2. The zero-order chi connectivity index (χ0) is 27.1. The lowest BCUT2D eigenvalue weighted by molar-refractivity contribution is -0.140. The van der Waals surface area contributed by atoms with Gasteiger partial charge in [-0.05, 0) is 59.8 Å². The third kappa shape index (κ3) is 5.44. The molecule has 0 radical (unpaired) electrons. The van der Waals surface area contributed by atoms with Gasteiger partial charge in [0.2, 0.25) is 0 Å². The highest BCUT2D eigenvalue weighted by Gasteiger charge is 2.49. The third-order valence-corrected chi connectivity index (χ3v) is 7.31. The monoisotopic (exact) mass is 520 g/mol. The van der Waals surface area contributed by atoms with E-state index in [-0.39, 0.29) is 11.0 Å². The molecule has 1 aliphatic carbocycles. The number of aryl methyl sites for hydroxylation is 1. The Morgan fingerprint density at radius 1 is 1.11 bits per heavy atom. The molecule has 1 saturated carbocycles. The van der Waals surface area contributed by atoms with Gasteiger partial charge in [-0.1, -0.05) is 12.1 Å². The van der Waals surface area contributed by atoms with Crippen LogP contribution in [0.2, 0.25) is 0 Å². The number of aromatic nitrogens is 2. The van der Waals surface area contributed by atoms with Gasteiger partial charge in [-0.2, -0.15) is 13.2 Å². The van der Waals surface area contributed by atoms with Crippen molar-refractivity contribution in [3.05, 3.63) is 53.1 Å². The van der Waals surface area contributed by atoms with Crippen LogP contribution in [0.5, 0.6) is 11.5 Å². The summed E-state index contributed by atoms with van der Waals surface area (Å²) in [5.74, 6) is 0.532. The van der Waals surface area contributed by atoms with Crippen molar-refractivity contribution >= 4 is 16.7 Å². The highest BCUT2D eigenvalue weighted by Crippen LogP contribution is 2.51. The minimum absolute atomic E-state index is 0.0594. The summed E-state index contributed by atoms with van der Waals surface area (Å²) < 4.78 is 66.3. The third-order valence-electron chi connectivity index (χ3n) is 7.31. The Labute approximate surface area is 214 Å². The first-order valence-corrected chi connectivity index (χ1v) is 12.1. The van der Waals surface area contributed by atoms with E-state index in [1.54, 1.807) is 33.1 Å². The van der Waals surface area contributed by atoms with Gasteiger partial charge in [-0.3, -0.25) is 0 Å². The molecule has 200 valence electrons. The topological polar surface area (TPSA) is 59.5 Å². The summed E-state index contributed by atoms with van der Waals surface area (Å²) in [6, 6.07) is 6.30. The molecule has 37 heavy (non-hydrogen) atoms. The van der Waals surface area contributed by atoms with Crippen LogP contribution in [-0.4, -0.2) is 48.7 Å². The van der Waals surface area contributed by atoms with Crippen molar-refractivity contribution in [3.8, 4) is 11.5 Å². The van der Waals surface area contributed by atoms with Crippen LogP contribution in [0.4, 0.5) is 23.4 Å². The van der Waals surface area contributed by atoms with Crippen molar-refractivity contribution in [2.75, 3.05) is 33.1 Å². The largest absolute Gasteiger partial charge is 0.493 e. The zero-order valence-corrected chi connectivity index (χ0v) is 21.8. The molecule has 0 spiro atoms. The lowest BCUT2D eigenvalue weighted by Crippen LogP contribution is -2.37. The van der Waals surface area contributed by atoms with Crippen molar-refractivity contribution in [2.45, 2.75) is 51.9 Å². The van der Waals surface area contributed by atoms with Crippen molar-refractivity contribution in [2.24, 2.45) is 5.41 Å². The maximum Gasteiger partial charge on any atom is 0.419 e. The van der Waals surface area contributed by atoms with E-state index in [0.717, 1.165) is 18.9 Å². The van der Waals surface area contributed by atoms with Gasteiger partial charge >= 0.3 is 6.18 Å². The summed E-state index contributed by atoms with van der Waals surface area (Å²) in [6.45, 7) is 5.98. The Morgan fingerprint density at radius 2 is 1.81 bits per heavy atom. The molecule has 0 unspecified atom stereocenters. The van der Waals surface area contributed by atoms with Gasteiger partial charge in [0.25, 0.3) is 0 Å². The fourth-order valence-corrected chi connectivity index (χ4v) is 4.63. The number of nitrogens with zero attached hydrogens (tertiary/aromatic N) is 3. The number of anilines is 1. The number of fused-ring (bicyclic) bond motifs is 1. The standard InChI is InChI=1S/C27H32F4N4O2/c1-15(18-8-7-9-20(24(18)28)27(29,30)31)32-25-19-12-23(22(36-6)13-21(19)33-17(3)34-25)37-14-26(10-11-26)16(2)35(4)5/h7-9,12-13,15-16H,10-11,14H2,1-6H3,(H,32,33,34)/t15-,16+/m1/s1. The first-order valence-electron chi connectivity index (χ1n) is 12.1. The fourth-order valence-electron chi connectivity index (χ4n) is 4.63. The first kappa shape index (κ1) is 26.9. The van der Waals surface area contributed by atoms with Crippen molar-refractivity contribution < 1.29 is 27.0 Å². The van der Waals surface area contributed by atoms with Crippen LogP contribution in [0, 0.1) is 18.2 Å². The van der Waals surface area contributed by atoms with Gasteiger partial charge < -0.3 is 19.7 Å². The summed E-state index contributed by atoms with van der Waals surface area (Å²) in [4.78, 5) is 11.1. The van der Waals surface area contributed by atoms with E-state index in [4.69, 9.17) is 9.47 Å². The van der Waals surface area contributed by atoms with Crippen LogP contribution in [0.15, 0.2) is 30.3 Å². The van der Waals surface area contributed by atoms with E-state index in [0.29, 0.717) is 46.7 Å². The molecule has 10 heteroatoms. The molecule has 6 nitrogen and oxygen atoms in total. The molecule has 1 heterocycles. The van der Waals surface area contributed by atoms with E-state index in [1.165, 1.54) is 12.1 Å². The Bertz CT molecular complexity index is 1290. The number of alkyl halides is 3. The van der Waals surface area contributed by atoms with Crippen LogP contribution in [0.1, 0.15) is 49.7 Å². The van der Waals surface area contributed by atoms with E-state index >= 15 is 0 Å². The second kappa shape index (κ2) is 9.96. The number of methoxy groups -OCH3 is 1. The van der Waals surface area contributed by atoms with Crippen molar-refractivity contribution in [1.29, 1.82) is 0 Å². The second-order valence-electron chi connectivity index (χ2n) is 10.0. The molecule has 3 aromatic rings. The molecule has 0 amide bonds. The number of hydrogen-bond donors (Lipinski definition) is 1. The van der Waals surface area contributed by atoms with Gasteiger partial charge in [-0.25, -0.2) is 14.4 Å². The minimum Gasteiger partial charge on any atom is -0.493 e. The predicted octanol–water partition coefficient (Wildman–Crippen LogP) is 6.39. The van der Waals surface area contributed by atoms with Gasteiger partial charge in [0.05, 0.1) is 30.8 Å². The van der Waals surface area contributed by atoms with Gasteiger partial charge in [0, 0.05) is 28.5 Å². The molecule has 1 N–H and O–H groups in total. The number of rotatable bonds is 9. The molecular formula is C27H32F4N4O2. The lowest BCUT2D eigenvalue weighted by Gasteiger charge is -2.29. The maximum absolute atomic E-state index is 14.8.